The van der Waals surface area contributed by atoms with Crippen molar-refractivity contribution in [3.63, 3.8) is 0 Å². The number of aliphatic hydroxyl groups is 1. The molecule has 20 heavy (non-hydrogen) atoms. The molecular formula is C15H24N2O3. The summed E-state index contributed by atoms with van der Waals surface area (Å²) in [6.07, 6.45) is 2.14. The molecule has 112 valence electrons. The van der Waals surface area contributed by atoms with E-state index in [1.54, 1.807) is 12.1 Å². The number of methoxy groups -OCH3 is 1. The predicted molar refractivity (Wildman–Crippen MR) is 78.0 cm³/mol. The number of hydrogen-bond donors (Lipinski definition) is 3. The van der Waals surface area contributed by atoms with Crippen molar-refractivity contribution in [1.82, 2.24) is 10.2 Å². The summed E-state index contributed by atoms with van der Waals surface area (Å²) in [5, 5.41) is 22.8. The molecule has 1 aliphatic rings. The van der Waals surface area contributed by atoms with Crippen LogP contribution in [-0.4, -0.2) is 54.5 Å². The average Bonchev–Trinajstić information content (AvgIpc) is 2.92. The first kappa shape index (κ1) is 15.1. The van der Waals surface area contributed by atoms with Gasteiger partial charge in [0.25, 0.3) is 0 Å². The summed E-state index contributed by atoms with van der Waals surface area (Å²) in [6, 6.07) is 5.32. The molecule has 0 aliphatic carbocycles. The lowest BCUT2D eigenvalue weighted by Crippen LogP contribution is -2.36. The van der Waals surface area contributed by atoms with Crippen LogP contribution in [0.5, 0.6) is 11.5 Å². The standard InChI is InChI=1S/C15H24N2O3/c1-20-15-5-4-12(8-14(15)19)9-16-10-13(18)11-17-6-2-3-7-17/h4-5,8,13,16,18-19H,2-3,6-7,9-11H2,1H3. The van der Waals surface area contributed by atoms with E-state index in [0.717, 1.165) is 25.2 Å². The summed E-state index contributed by atoms with van der Waals surface area (Å²) >= 11 is 0. The molecule has 0 aromatic heterocycles. The zero-order valence-corrected chi connectivity index (χ0v) is 12.0. The molecule has 1 aromatic carbocycles. The number of hydrogen-bond acceptors (Lipinski definition) is 5. The molecule has 1 fully saturated rings. The predicted octanol–water partition coefficient (Wildman–Crippen LogP) is 0.947. The third kappa shape index (κ3) is 4.37. The van der Waals surface area contributed by atoms with Gasteiger partial charge < -0.3 is 25.2 Å². The number of rotatable bonds is 7. The van der Waals surface area contributed by atoms with Crippen molar-refractivity contribution in [1.29, 1.82) is 0 Å². The SMILES string of the molecule is COc1ccc(CNCC(O)CN2CCCC2)cc1O. The van der Waals surface area contributed by atoms with Crippen molar-refractivity contribution in [2.45, 2.75) is 25.5 Å². The fourth-order valence-corrected chi connectivity index (χ4v) is 2.56. The summed E-state index contributed by atoms with van der Waals surface area (Å²) in [7, 11) is 1.53. The van der Waals surface area contributed by atoms with Gasteiger partial charge in [-0.15, -0.1) is 0 Å². The number of benzene rings is 1. The molecule has 1 atom stereocenters. The van der Waals surface area contributed by atoms with Gasteiger partial charge in [0.1, 0.15) is 0 Å². The number of aromatic hydroxyl groups is 1. The van der Waals surface area contributed by atoms with Crippen molar-refractivity contribution in [2.75, 3.05) is 33.3 Å². The third-order valence-electron chi connectivity index (χ3n) is 3.62. The molecule has 1 aliphatic heterocycles. The minimum Gasteiger partial charge on any atom is -0.504 e. The van der Waals surface area contributed by atoms with E-state index >= 15 is 0 Å². The first-order valence-electron chi connectivity index (χ1n) is 7.16. The second kappa shape index (κ2) is 7.47. The van der Waals surface area contributed by atoms with Crippen LogP contribution < -0.4 is 10.1 Å². The van der Waals surface area contributed by atoms with Crippen LogP contribution in [0.15, 0.2) is 18.2 Å². The highest BCUT2D eigenvalue weighted by Crippen LogP contribution is 2.25. The van der Waals surface area contributed by atoms with E-state index in [4.69, 9.17) is 4.74 Å². The Bertz CT molecular complexity index is 420. The summed E-state index contributed by atoms with van der Waals surface area (Å²) in [5.41, 5.74) is 0.969. The molecule has 1 saturated heterocycles. The molecule has 0 spiro atoms. The zero-order chi connectivity index (χ0) is 14.4. The second-order valence-corrected chi connectivity index (χ2v) is 5.30. The van der Waals surface area contributed by atoms with Gasteiger partial charge in [0.2, 0.25) is 0 Å². The number of β-amino-alcohol motifs (C(OH)–C–C–N with tert-alkyl or cyclic N) is 1. The monoisotopic (exact) mass is 280 g/mol. The van der Waals surface area contributed by atoms with Gasteiger partial charge in [0.05, 0.1) is 13.2 Å². The number of phenolic OH excluding ortho intramolecular Hbond substituents is 1. The Morgan fingerprint density at radius 3 is 2.75 bits per heavy atom. The van der Waals surface area contributed by atoms with Crippen LogP contribution in [0.25, 0.3) is 0 Å². The summed E-state index contributed by atoms with van der Waals surface area (Å²) < 4.78 is 5.00. The lowest BCUT2D eigenvalue weighted by Gasteiger charge is -2.19. The molecule has 0 bridgehead atoms. The van der Waals surface area contributed by atoms with Gasteiger partial charge in [-0.3, -0.25) is 0 Å². The summed E-state index contributed by atoms with van der Waals surface area (Å²) in [4.78, 5) is 2.30. The van der Waals surface area contributed by atoms with Crippen molar-refractivity contribution in [2.24, 2.45) is 0 Å². The van der Waals surface area contributed by atoms with E-state index in [1.807, 2.05) is 6.07 Å². The van der Waals surface area contributed by atoms with Crippen molar-refractivity contribution in [3.8, 4) is 11.5 Å². The quantitative estimate of drug-likeness (QED) is 0.694. The number of ether oxygens (including phenoxy) is 1. The molecular weight excluding hydrogens is 256 g/mol. The Kier molecular flexibility index (Phi) is 5.64. The highest BCUT2D eigenvalue weighted by molar-refractivity contribution is 5.41. The van der Waals surface area contributed by atoms with Gasteiger partial charge in [-0.25, -0.2) is 0 Å². The largest absolute Gasteiger partial charge is 0.504 e. The smallest absolute Gasteiger partial charge is 0.160 e. The second-order valence-electron chi connectivity index (χ2n) is 5.30. The van der Waals surface area contributed by atoms with Crippen molar-refractivity contribution >= 4 is 0 Å². The minimum atomic E-state index is -0.347. The molecule has 1 heterocycles. The number of aliphatic hydroxyl groups excluding tert-OH is 1. The molecule has 0 radical (unpaired) electrons. The van der Waals surface area contributed by atoms with E-state index < -0.39 is 0 Å². The molecule has 1 unspecified atom stereocenters. The van der Waals surface area contributed by atoms with Gasteiger partial charge in [0, 0.05) is 19.6 Å². The van der Waals surface area contributed by atoms with E-state index in [2.05, 4.69) is 10.2 Å². The van der Waals surface area contributed by atoms with Gasteiger partial charge in [0.15, 0.2) is 11.5 Å². The number of phenols is 1. The lowest BCUT2D eigenvalue weighted by molar-refractivity contribution is 0.123. The molecule has 5 heteroatoms. The molecule has 0 amide bonds. The van der Waals surface area contributed by atoms with Crippen LogP contribution in [-0.2, 0) is 6.54 Å². The fraction of sp³-hybridized carbons (Fsp3) is 0.600. The van der Waals surface area contributed by atoms with E-state index in [0.29, 0.717) is 18.8 Å². The Morgan fingerprint density at radius 1 is 1.35 bits per heavy atom. The van der Waals surface area contributed by atoms with Crippen LogP contribution in [0.3, 0.4) is 0 Å². The van der Waals surface area contributed by atoms with Crippen LogP contribution in [0.2, 0.25) is 0 Å². The maximum atomic E-state index is 9.95. The maximum Gasteiger partial charge on any atom is 0.160 e. The normalized spacial score (nSPS) is 17.3. The highest BCUT2D eigenvalue weighted by Gasteiger charge is 2.15. The van der Waals surface area contributed by atoms with Crippen LogP contribution in [0.1, 0.15) is 18.4 Å². The molecule has 1 aromatic rings. The average molecular weight is 280 g/mol. The third-order valence-corrected chi connectivity index (χ3v) is 3.62. The topological polar surface area (TPSA) is 65.0 Å². The Morgan fingerprint density at radius 2 is 2.10 bits per heavy atom. The summed E-state index contributed by atoms with van der Waals surface area (Å²) in [6.45, 7) is 4.12. The lowest BCUT2D eigenvalue weighted by atomic mass is 10.2. The maximum absolute atomic E-state index is 9.95. The molecule has 5 nitrogen and oxygen atoms in total. The van der Waals surface area contributed by atoms with Crippen molar-refractivity contribution in [3.05, 3.63) is 23.8 Å². The Labute approximate surface area is 120 Å². The van der Waals surface area contributed by atoms with Crippen LogP contribution in [0, 0.1) is 0 Å². The highest BCUT2D eigenvalue weighted by atomic mass is 16.5. The van der Waals surface area contributed by atoms with Crippen molar-refractivity contribution < 1.29 is 14.9 Å². The van der Waals surface area contributed by atoms with Gasteiger partial charge >= 0.3 is 0 Å². The number of nitrogens with one attached hydrogen (secondary N) is 1. The van der Waals surface area contributed by atoms with Crippen LogP contribution >= 0.6 is 0 Å². The number of nitrogens with zero attached hydrogens (tertiary/aromatic N) is 1. The van der Waals surface area contributed by atoms with Gasteiger partial charge in [-0.05, 0) is 43.6 Å². The minimum absolute atomic E-state index is 0.143. The van der Waals surface area contributed by atoms with Crippen LogP contribution in [0.4, 0.5) is 0 Å². The fourth-order valence-electron chi connectivity index (χ4n) is 2.56. The molecule has 2 rings (SSSR count). The Hall–Kier alpha value is -1.30. The molecule has 3 N–H and O–H groups in total. The van der Waals surface area contributed by atoms with E-state index in [9.17, 15) is 10.2 Å². The summed E-state index contributed by atoms with van der Waals surface area (Å²) in [5.74, 6) is 0.618. The van der Waals surface area contributed by atoms with E-state index in [-0.39, 0.29) is 11.9 Å². The first-order valence-corrected chi connectivity index (χ1v) is 7.16. The Balaban J connectivity index is 1.70. The zero-order valence-electron chi connectivity index (χ0n) is 12.0. The van der Waals surface area contributed by atoms with Gasteiger partial charge in [-0.2, -0.15) is 0 Å². The molecule has 0 saturated carbocycles. The number of likely N-dealkylation sites (tertiary alicyclic amines) is 1. The first-order chi connectivity index (χ1) is 9.69. The van der Waals surface area contributed by atoms with Gasteiger partial charge in [-0.1, -0.05) is 6.07 Å². The van der Waals surface area contributed by atoms with E-state index in [1.165, 1.54) is 20.0 Å².